The Morgan fingerprint density at radius 2 is 2.00 bits per heavy atom. The molecule has 1 heterocycles. The van der Waals surface area contributed by atoms with E-state index >= 15 is 0 Å². The summed E-state index contributed by atoms with van der Waals surface area (Å²) in [5.41, 5.74) is 0.572. The number of esters is 1. The number of hydrogen-bond acceptors (Lipinski definition) is 4. The third-order valence-corrected chi connectivity index (χ3v) is 3.58. The SMILES string of the molecule is COC(=O)CC(NC(=O)c1ccc(=O)[nH]c1)c1ccccc1Cl. The zero-order valence-corrected chi connectivity index (χ0v) is 13.1. The number of rotatable bonds is 5. The second-order valence-corrected chi connectivity index (χ2v) is 5.18. The molecule has 1 atom stereocenters. The molecule has 0 fully saturated rings. The summed E-state index contributed by atoms with van der Waals surface area (Å²) in [4.78, 5) is 37.4. The fraction of sp³-hybridized carbons (Fsp3) is 0.188. The van der Waals surface area contributed by atoms with Gasteiger partial charge in [0.25, 0.3) is 5.91 Å². The summed E-state index contributed by atoms with van der Waals surface area (Å²) in [6.07, 6.45) is 1.24. The molecule has 1 aromatic heterocycles. The van der Waals surface area contributed by atoms with Crippen LogP contribution in [0.15, 0.2) is 47.4 Å². The average Bonchev–Trinajstić information content (AvgIpc) is 2.55. The van der Waals surface area contributed by atoms with Crippen molar-refractivity contribution in [2.24, 2.45) is 0 Å². The van der Waals surface area contributed by atoms with Crippen molar-refractivity contribution in [1.29, 1.82) is 0 Å². The van der Waals surface area contributed by atoms with Crippen LogP contribution in [-0.4, -0.2) is 24.0 Å². The van der Waals surface area contributed by atoms with E-state index in [4.69, 9.17) is 11.6 Å². The van der Waals surface area contributed by atoms with Gasteiger partial charge in [-0.25, -0.2) is 0 Å². The summed E-state index contributed by atoms with van der Waals surface area (Å²) in [7, 11) is 1.27. The van der Waals surface area contributed by atoms with Crippen LogP contribution in [0.2, 0.25) is 5.02 Å². The number of methoxy groups -OCH3 is 1. The molecule has 0 aliphatic rings. The minimum atomic E-state index is -0.643. The first-order valence-corrected chi connectivity index (χ1v) is 7.20. The second kappa shape index (κ2) is 7.60. The number of ether oxygens (including phenoxy) is 1. The maximum absolute atomic E-state index is 12.3. The van der Waals surface area contributed by atoms with Crippen LogP contribution in [-0.2, 0) is 9.53 Å². The largest absolute Gasteiger partial charge is 0.469 e. The summed E-state index contributed by atoms with van der Waals surface area (Å²) >= 11 is 6.14. The third-order valence-electron chi connectivity index (χ3n) is 3.23. The lowest BCUT2D eigenvalue weighted by atomic mass is 10.0. The van der Waals surface area contributed by atoms with E-state index < -0.39 is 17.9 Å². The molecule has 1 unspecified atom stereocenters. The molecule has 0 bridgehead atoms. The van der Waals surface area contributed by atoms with Crippen LogP contribution < -0.4 is 10.9 Å². The van der Waals surface area contributed by atoms with Crippen LogP contribution in [0.1, 0.15) is 28.4 Å². The van der Waals surface area contributed by atoms with Crippen molar-refractivity contribution in [1.82, 2.24) is 10.3 Å². The van der Waals surface area contributed by atoms with Crippen LogP contribution in [0.3, 0.4) is 0 Å². The Morgan fingerprint density at radius 1 is 1.26 bits per heavy atom. The van der Waals surface area contributed by atoms with E-state index in [-0.39, 0.29) is 17.5 Å². The first kappa shape index (κ1) is 16.8. The van der Waals surface area contributed by atoms with E-state index in [1.54, 1.807) is 24.3 Å². The molecular formula is C16H15ClN2O4. The molecule has 0 radical (unpaired) electrons. The van der Waals surface area contributed by atoms with E-state index in [1.807, 2.05) is 0 Å². The Labute approximate surface area is 137 Å². The van der Waals surface area contributed by atoms with Gasteiger partial charge in [-0.1, -0.05) is 29.8 Å². The van der Waals surface area contributed by atoms with Crippen LogP contribution in [0.25, 0.3) is 0 Å². The fourth-order valence-corrected chi connectivity index (χ4v) is 2.31. The van der Waals surface area contributed by atoms with Crippen molar-refractivity contribution in [2.45, 2.75) is 12.5 Å². The first-order valence-electron chi connectivity index (χ1n) is 6.82. The highest BCUT2D eigenvalue weighted by Crippen LogP contribution is 2.25. The normalized spacial score (nSPS) is 11.6. The topological polar surface area (TPSA) is 88.3 Å². The number of nitrogens with one attached hydrogen (secondary N) is 2. The maximum atomic E-state index is 12.3. The summed E-state index contributed by atoms with van der Waals surface area (Å²) in [6, 6.07) is 8.92. The van der Waals surface area contributed by atoms with Gasteiger partial charge in [-0.2, -0.15) is 0 Å². The zero-order valence-electron chi connectivity index (χ0n) is 12.3. The second-order valence-electron chi connectivity index (χ2n) is 4.77. The molecule has 7 heteroatoms. The average molecular weight is 335 g/mol. The van der Waals surface area contributed by atoms with Gasteiger partial charge < -0.3 is 15.0 Å². The fourth-order valence-electron chi connectivity index (χ4n) is 2.04. The molecule has 0 saturated carbocycles. The van der Waals surface area contributed by atoms with E-state index in [9.17, 15) is 14.4 Å². The summed E-state index contributed by atoms with van der Waals surface area (Å²) in [5.74, 6) is -0.910. The first-order chi connectivity index (χ1) is 11.0. The lowest BCUT2D eigenvalue weighted by Crippen LogP contribution is -2.31. The van der Waals surface area contributed by atoms with Crippen LogP contribution >= 0.6 is 11.6 Å². The predicted molar refractivity (Wildman–Crippen MR) is 85.4 cm³/mol. The van der Waals surface area contributed by atoms with E-state index in [2.05, 4.69) is 15.0 Å². The summed E-state index contributed by atoms with van der Waals surface area (Å²) < 4.78 is 4.66. The molecular weight excluding hydrogens is 320 g/mol. The Kier molecular flexibility index (Phi) is 5.54. The van der Waals surface area contributed by atoms with Gasteiger partial charge in [-0.05, 0) is 17.7 Å². The quantitative estimate of drug-likeness (QED) is 0.819. The molecule has 2 rings (SSSR count). The third kappa shape index (κ3) is 4.43. The van der Waals surface area contributed by atoms with Gasteiger partial charge in [0, 0.05) is 17.3 Å². The Balaban J connectivity index is 2.25. The van der Waals surface area contributed by atoms with Gasteiger partial charge in [-0.3, -0.25) is 14.4 Å². The van der Waals surface area contributed by atoms with Crippen molar-refractivity contribution < 1.29 is 14.3 Å². The molecule has 0 aliphatic heterocycles. The van der Waals surface area contributed by atoms with Crippen molar-refractivity contribution >= 4 is 23.5 Å². The van der Waals surface area contributed by atoms with Crippen molar-refractivity contribution in [3.8, 4) is 0 Å². The number of H-pyrrole nitrogens is 1. The number of pyridine rings is 1. The summed E-state index contributed by atoms with van der Waals surface area (Å²) in [6.45, 7) is 0. The molecule has 2 N–H and O–H groups in total. The minimum Gasteiger partial charge on any atom is -0.469 e. The zero-order chi connectivity index (χ0) is 16.8. The summed E-state index contributed by atoms with van der Waals surface area (Å²) in [5, 5.41) is 3.16. The highest BCUT2D eigenvalue weighted by molar-refractivity contribution is 6.31. The highest BCUT2D eigenvalue weighted by atomic mass is 35.5. The maximum Gasteiger partial charge on any atom is 0.307 e. The molecule has 2 aromatic rings. The molecule has 0 spiro atoms. The lowest BCUT2D eigenvalue weighted by Gasteiger charge is -2.19. The van der Waals surface area contributed by atoms with Crippen LogP contribution in [0, 0.1) is 0 Å². The number of aromatic nitrogens is 1. The molecule has 0 aliphatic carbocycles. The number of benzene rings is 1. The number of carbonyl (C=O) groups is 2. The Hall–Kier alpha value is -2.60. The molecule has 0 saturated heterocycles. The molecule has 1 aromatic carbocycles. The number of aromatic amines is 1. The van der Waals surface area contributed by atoms with E-state index in [1.165, 1.54) is 25.4 Å². The molecule has 6 nitrogen and oxygen atoms in total. The van der Waals surface area contributed by atoms with Gasteiger partial charge in [0.2, 0.25) is 5.56 Å². The monoisotopic (exact) mass is 334 g/mol. The Bertz CT molecular complexity index is 752. The van der Waals surface area contributed by atoms with Gasteiger partial charge in [-0.15, -0.1) is 0 Å². The van der Waals surface area contributed by atoms with Gasteiger partial charge >= 0.3 is 5.97 Å². The minimum absolute atomic E-state index is 0.0602. The Morgan fingerprint density at radius 3 is 2.61 bits per heavy atom. The van der Waals surface area contributed by atoms with Crippen molar-refractivity contribution in [3.05, 3.63) is 69.1 Å². The van der Waals surface area contributed by atoms with Crippen molar-refractivity contribution in [3.63, 3.8) is 0 Å². The van der Waals surface area contributed by atoms with E-state index in [0.29, 0.717) is 10.6 Å². The molecule has 23 heavy (non-hydrogen) atoms. The predicted octanol–water partition coefficient (Wildman–Crippen LogP) is 2.06. The lowest BCUT2D eigenvalue weighted by molar-refractivity contribution is -0.141. The van der Waals surface area contributed by atoms with Gasteiger partial charge in [0.1, 0.15) is 0 Å². The van der Waals surface area contributed by atoms with Gasteiger partial charge in [0.05, 0.1) is 25.1 Å². The molecule has 120 valence electrons. The highest BCUT2D eigenvalue weighted by Gasteiger charge is 2.21. The number of halogens is 1. The smallest absolute Gasteiger partial charge is 0.307 e. The number of amides is 1. The number of hydrogen-bond donors (Lipinski definition) is 2. The van der Waals surface area contributed by atoms with Crippen molar-refractivity contribution in [2.75, 3.05) is 7.11 Å². The standard InChI is InChI=1S/C16H15ClN2O4/c1-23-15(21)8-13(11-4-2-3-5-12(11)17)19-16(22)10-6-7-14(20)18-9-10/h2-7,9,13H,8H2,1H3,(H,18,20)(H,19,22). The van der Waals surface area contributed by atoms with Crippen LogP contribution in [0.5, 0.6) is 0 Å². The number of carbonyl (C=O) groups excluding carboxylic acids is 2. The van der Waals surface area contributed by atoms with E-state index in [0.717, 1.165) is 0 Å². The van der Waals surface area contributed by atoms with Gasteiger partial charge in [0.15, 0.2) is 0 Å². The molecule has 1 amide bonds. The van der Waals surface area contributed by atoms with Crippen LogP contribution in [0.4, 0.5) is 0 Å².